The first-order chi connectivity index (χ1) is 10.1. The van der Waals surface area contributed by atoms with Gasteiger partial charge in [-0.05, 0) is 23.3 Å². The third-order valence-corrected chi connectivity index (χ3v) is 3.15. The number of hydrogen-bond donors (Lipinski definition) is 3. The summed E-state index contributed by atoms with van der Waals surface area (Å²) in [5.41, 5.74) is 13.1. The first kappa shape index (κ1) is 15.0. The van der Waals surface area contributed by atoms with E-state index >= 15 is 0 Å². The van der Waals surface area contributed by atoms with Crippen LogP contribution < -0.4 is 16.2 Å². The van der Waals surface area contributed by atoms with Crippen LogP contribution in [0.2, 0.25) is 0 Å². The van der Waals surface area contributed by atoms with E-state index < -0.39 is 5.97 Å². The number of rotatable bonds is 6. The molecule has 5 nitrogen and oxygen atoms in total. The van der Waals surface area contributed by atoms with E-state index in [-0.39, 0.29) is 18.2 Å². The van der Waals surface area contributed by atoms with Crippen molar-refractivity contribution in [3.63, 3.8) is 0 Å². The van der Waals surface area contributed by atoms with E-state index in [4.69, 9.17) is 16.2 Å². The summed E-state index contributed by atoms with van der Waals surface area (Å²) in [5, 5.41) is 9.29. The monoisotopic (exact) mass is 286 g/mol. The Morgan fingerprint density at radius 3 is 2.52 bits per heavy atom. The summed E-state index contributed by atoms with van der Waals surface area (Å²) in [4.78, 5) is 11.3. The molecule has 0 aromatic heterocycles. The second-order valence-corrected chi connectivity index (χ2v) is 4.68. The van der Waals surface area contributed by atoms with Crippen LogP contribution in [0.15, 0.2) is 48.5 Å². The van der Waals surface area contributed by atoms with E-state index in [9.17, 15) is 9.90 Å². The summed E-state index contributed by atoms with van der Waals surface area (Å²) in [6.45, 7) is 0.562. The predicted octanol–water partition coefficient (Wildman–Crippen LogP) is 1.92. The minimum atomic E-state index is -1.05. The SMILES string of the molecule is NCC(N)c1ccc(OCc2ccccc2)c(C(=O)O)c1. The summed E-state index contributed by atoms with van der Waals surface area (Å²) < 4.78 is 5.60. The van der Waals surface area contributed by atoms with Crippen molar-refractivity contribution in [2.75, 3.05) is 6.54 Å². The van der Waals surface area contributed by atoms with Gasteiger partial charge in [-0.15, -0.1) is 0 Å². The van der Waals surface area contributed by atoms with Crippen molar-refractivity contribution in [1.29, 1.82) is 0 Å². The highest BCUT2D eigenvalue weighted by Crippen LogP contribution is 2.23. The number of carboxylic acid groups (broad SMARTS) is 1. The van der Waals surface area contributed by atoms with Gasteiger partial charge in [-0.1, -0.05) is 36.4 Å². The van der Waals surface area contributed by atoms with Crippen molar-refractivity contribution in [3.05, 3.63) is 65.2 Å². The molecule has 0 spiro atoms. The lowest BCUT2D eigenvalue weighted by Gasteiger charge is -2.13. The lowest BCUT2D eigenvalue weighted by Crippen LogP contribution is -2.21. The van der Waals surface area contributed by atoms with E-state index in [2.05, 4.69) is 0 Å². The minimum Gasteiger partial charge on any atom is -0.488 e. The molecule has 0 heterocycles. The standard InChI is InChI=1S/C16H18N2O3/c17-9-14(18)12-6-7-15(13(8-12)16(19)20)21-10-11-4-2-1-3-5-11/h1-8,14H,9-10,17-18H2,(H,19,20). The zero-order valence-corrected chi connectivity index (χ0v) is 11.5. The maximum atomic E-state index is 11.3. The summed E-state index contributed by atoms with van der Waals surface area (Å²) in [6.07, 6.45) is 0. The van der Waals surface area contributed by atoms with Gasteiger partial charge in [0.15, 0.2) is 0 Å². The molecule has 0 saturated heterocycles. The number of ether oxygens (including phenoxy) is 1. The van der Waals surface area contributed by atoms with Crippen LogP contribution in [0.4, 0.5) is 0 Å². The molecule has 0 aliphatic rings. The Balaban J connectivity index is 2.20. The van der Waals surface area contributed by atoms with Crippen LogP contribution in [0.25, 0.3) is 0 Å². The zero-order chi connectivity index (χ0) is 15.2. The molecule has 1 unspecified atom stereocenters. The molecule has 0 amide bonds. The lowest BCUT2D eigenvalue weighted by molar-refractivity contribution is 0.0691. The van der Waals surface area contributed by atoms with Crippen LogP contribution in [0.5, 0.6) is 5.75 Å². The number of nitrogens with two attached hydrogens (primary N) is 2. The summed E-state index contributed by atoms with van der Waals surface area (Å²) in [6, 6.07) is 14.0. The van der Waals surface area contributed by atoms with Crippen molar-refractivity contribution in [2.24, 2.45) is 11.5 Å². The third-order valence-electron chi connectivity index (χ3n) is 3.15. The highest BCUT2D eigenvalue weighted by Gasteiger charge is 2.14. The minimum absolute atomic E-state index is 0.0901. The largest absolute Gasteiger partial charge is 0.488 e. The van der Waals surface area contributed by atoms with Crippen LogP contribution >= 0.6 is 0 Å². The van der Waals surface area contributed by atoms with Gasteiger partial charge in [0.2, 0.25) is 0 Å². The number of aromatic carboxylic acids is 1. The molecule has 1 atom stereocenters. The predicted molar refractivity (Wildman–Crippen MR) is 80.2 cm³/mol. The van der Waals surface area contributed by atoms with Crippen molar-refractivity contribution < 1.29 is 14.6 Å². The van der Waals surface area contributed by atoms with Gasteiger partial charge in [-0.25, -0.2) is 4.79 Å². The van der Waals surface area contributed by atoms with Crippen LogP contribution in [-0.2, 0) is 6.61 Å². The zero-order valence-electron chi connectivity index (χ0n) is 11.5. The van der Waals surface area contributed by atoms with Crippen molar-refractivity contribution >= 4 is 5.97 Å². The highest BCUT2D eigenvalue weighted by atomic mass is 16.5. The van der Waals surface area contributed by atoms with Crippen LogP contribution in [0.3, 0.4) is 0 Å². The third kappa shape index (κ3) is 3.81. The number of carbonyl (C=O) groups is 1. The van der Waals surface area contributed by atoms with Gasteiger partial charge in [0.25, 0.3) is 0 Å². The van der Waals surface area contributed by atoms with Gasteiger partial charge in [-0.3, -0.25) is 0 Å². The fraction of sp³-hybridized carbons (Fsp3) is 0.188. The van der Waals surface area contributed by atoms with Gasteiger partial charge in [0, 0.05) is 12.6 Å². The summed E-state index contributed by atoms with van der Waals surface area (Å²) in [7, 11) is 0. The normalized spacial score (nSPS) is 11.9. The maximum absolute atomic E-state index is 11.3. The fourth-order valence-electron chi connectivity index (χ4n) is 1.94. The first-order valence-corrected chi connectivity index (χ1v) is 6.61. The van der Waals surface area contributed by atoms with E-state index in [1.54, 1.807) is 12.1 Å². The molecule has 2 aromatic rings. The number of hydrogen-bond acceptors (Lipinski definition) is 4. The van der Waals surface area contributed by atoms with Gasteiger partial charge in [0.1, 0.15) is 17.9 Å². The Kier molecular flexibility index (Phi) is 4.92. The quantitative estimate of drug-likeness (QED) is 0.753. The molecule has 21 heavy (non-hydrogen) atoms. The Morgan fingerprint density at radius 1 is 1.19 bits per heavy atom. The molecule has 2 aromatic carbocycles. The molecule has 110 valence electrons. The van der Waals surface area contributed by atoms with Gasteiger partial charge in [0.05, 0.1) is 0 Å². The van der Waals surface area contributed by atoms with E-state index in [1.807, 2.05) is 30.3 Å². The lowest BCUT2D eigenvalue weighted by atomic mass is 10.0. The Labute approximate surface area is 123 Å². The second-order valence-electron chi connectivity index (χ2n) is 4.68. The summed E-state index contributed by atoms with van der Waals surface area (Å²) >= 11 is 0. The molecule has 5 heteroatoms. The highest BCUT2D eigenvalue weighted by molar-refractivity contribution is 5.91. The first-order valence-electron chi connectivity index (χ1n) is 6.61. The van der Waals surface area contributed by atoms with Gasteiger partial charge in [-0.2, -0.15) is 0 Å². The van der Waals surface area contributed by atoms with Gasteiger partial charge < -0.3 is 21.3 Å². The van der Waals surface area contributed by atoms with E-state index in [0.717, 1.165) is 5.56 Å². The van der Waals surface area contributed by atoms with Gasteiger partial charge >= 0.3 is 5.97 Å². The summed E-state index contributed by atoms with van der Waals surface area (Å²) in [5.74, 6) is -0.733. The molecule has 0 aliphatic heterocycles. The molecule has 0 saturated carbocycles. The fourth-order valence-corrected chi connectivity index (χ4v) is 1.94. The average molecular weight is 286 g/mol. The maximum Gasteiger partial charge on any atom is 0.339 e. The van der Waals surface area contributed by atoms with Crippen LogP contribution in [-0.4, -0.2) is 17.6 Å². The molecule has 0 bridgehead atoms. The molecule has 2 rings (SSSR count). The molecule has 5 N–H and O–H groups in total. The Bertz CT molecular complexity index is 614. The Hall–Kier alpha value is -2.37. The molecule has 0 radical (unpaired) electrons. The molecular formula is C16H18N2O3. The van der Waals surface area contributed by atoms with Crippen LogP contribution in [0, 0.1) is 0 Å². The topological polar surface area (TPSA) is 98.6 Å². The molecule has 0 aliphatic carbocycles. The number of carboxylic acids is 1. The smallest absolute Gasteiger partial charge is 0.339 e. The van der Waals surface area contributed by atoms with Crippen molar-refractivity contribution in [2.45, 2.75) is 12.6 Å². The van der Waals surface area contributed by atoms with E-state index in [0.29, 0.717) is 17.9 Å². The molecule has 0 fully saturated rings. The van der Waals surface area contributed by atoms with Crippen molar-refractivity contribution in [3.8, 4) is 5.75 Å². The Morgan fingerprint density at radius 2 is 1.90 bits per heavy atom. The van der Waals surface area contributed by atoms with E-state index in [1.165, 1.54) is 6.07 Å². The van der Waals surface area contributed by atoms with Crippen LogP contribution in [0.1, 0.15) is 27.5 Å². The average Bonchev–Trinajstić information content (AvgIpc) is 2.52. The second kappa shape index (κ2) is 6.88. The van der Waals surface area contributed by atoms with Crippen molar-refractivity contribution in [1.82, 2.24) is 0 Å². The number of benzene rings is 2. The molecular weight excluding hydrogens is 268 g/mol.